The van der Waals surface area contributed by atoms with Gasteiger partial charge in [0.1, 0.15) is 0 Å². The maximum Gasteiger partial charge on any atom is 0.281 e. The van der Waals surface area contributed by atoms with E-state index in [1.165, 1.54) is 0 Å². The van der Waals surface area contributed by atoms with Gasteiger partial charge < -0.3 is 15.1 Å². The van der Waals surface area contributed by atoms with E-state index >= 15 is 0 Å². The number of likely N-dealkylation sites (N-methyl/N-ethyl adjacent to an activating group) is 2. The van der Waals surface area contributed by atoms with Crippen LogP contribution in [0.2, 0.25) is 0 Å². The molecule has 0 aliphatic carbocycles. The van der Waals surface area contributed by atoms with Gasteiger partial charge in [-0.1, -0.05) is 18.2 Å². The Morgan fingerprint density at radius 3 is 2.33 bits per heavy atom. The molecular weight excluding hydrogens is 266 g/mol. The van der Waals surface area contributed by atoms with Crippen molar-refractivity contribution in [3.05, 3.63) is 30.3 Å². The highest BCUT2D eigenvalue weighted by Crippen LogP contribution is 2.10. The van der Waals surface area contributed by atoms with Crippen molar-refractivity contribution in [1.82, 2.24) is 5.32 Å². The molecule has 0 aromatic heterocycles. The molecule has 0 bridgehead atoms. The van der Waals surface area contributed by atoms with Gasteiger partial charge >= 0.3 is 0 Å². The number of para-hydroxylation sites is 1. The summed E-state index contributed by atoms with van der Waals surface area (Å²) in [5, 5.41) is 2.86. The molecule has 1 atom stereocenters. The molecule has 21 heavy (non-hydrogen) atoms. The van der Waals surface area contributed by atoms with E-state index in [0.29, 0.717) is 13.1 Å². The van der Waals surface area contributed by atoms with E-state index in [0.717, 1.165) is 17.1 Å². The van der Waals surface area contributed by atoms with Gasteiger partial charge in [0.25, 0.3) is 11.8 Å². The van der Waals surface area contributed by atoms with Crippen LogP contribution in [0.1, 0.15) is 20.8 Å². The van der Waals surface area contributed by atoms with Gasteiger partial charge in [-0.3, -0.25) is 9.59 Å². The quantitative estimate of drug-likeness (QED) is 0.748. The van der Waals surface area contributed by atoms with Gasteiger partial charge in [0.05, 0.1) is 6.54 Å². The maximum atomic E-state index is 12.3. The number of carbonyl (C=O) groups excluding carboxylic acids is 2. The number of hydrogen-bond donors (Lipinski definition) is 2. The van der Waals surface area contributed by atoms with E-state index in [-0.39, 0.29) is 17.9 Å². The van der Waals surface area contributed by atoms with Gasteiger partial charge in [0.2, 0.25) is 0 Å². The predicted molar refractivity (Wildman–Crippen MR) is 84.4 cm³/mol. The first-order valence-electron chi connectivity index (χ1n) is 7.38. The molecule has 0 aliphatic heterocycles. The van der Waals surface area contributed by atoms with Crippen LogP contribution in [0.25, 0.3) is 0 Å². The summed E-state index contributed by atoms with van der Waals surface area (Å²) in [5.41, 5.74) is 0.865. The fraction of sp³-hybridized carbons (Fsp3) is 0.500. The topological polar surface area (TPSA) is 53.9 Å². The van der Waals surface area contributed by atoms with Crippen LogP contribution < -0.4 is 15.1 Å². The zero-order valence-corrected chi connectivity index (χ0v) is 13.3. The fourth-order valence-corrected chi connectivity index (χ4v) is 2.04. The first-order valence-corrected chi connectivity index (χ1v) is 7.38. The lowest BCUT2D eigenvalue weighted by molar-refractivity contribution is -0.881. The minimum absolute atomic E-state index is 0.00963. The SMILES string of the molecule is CC[NH+](CC(=O)NC(C)C)CC(=O)N(C)c1ccccc1. The number of nitrogens with one attached hydrogen (secondary N) is 2. The molecule has 1 rings (SSSR count). The predicted octanol–water partition coefficient (Wildman–Crippen LogP) is 0.0788. The number of carbonyl (C=O) groups is 2. The Kier molecular flexibility index (Phi) is 6.88. The van der Waals surface area contributed by atoms with E-state index in [9.17, 15) is 9.59 Å². The van der Waals surface area contributed by atoms with Crippen LogP contribution in [0, 0.1) is 0 Å². The summed E-state index contributed by atoms with van der Waals surface area (Å²) in [6.45, 7) is 7.21. The molecule has 0 saturated carbocycles. The summed E-state index contributed by atoms with van der Waals surface area (Å²) in [4.78, 5) is 26.7. The molecule has 2 N–H and O–H groups in total. The van der Waals surface area contributed by atoms with Gasteiger partial charge in [-0.15, -0.1) is 0 Å². The van der Waals surface area contributed by atoms with Crippen molar-refractivity contribution in [2.24, 2.45) is 0 Å². The molecule has 0 spiro atoms. The molecule has 0 aliphatic rings. The molecule has 2 amide bonds. The Hall–Kier alpha value is -1.88. The Bertz CT molecular complexity index is 460. The second kappa shape index (κ2) is 8.42. The number of anilines is 1. The molecule has 0 saturated heterocycles. The van der Waals surface area contributed by atoms with Crippen molar-refractivity contribution in [1.29, 1.82) is 0 Å². The van der Waals surface area contributed by atoms with Crippen LogP contribution in [0.5, 0.6) is 0 Å². The van der Waals surface area contributed by atoms with E-state index in [1.807, 2.05) is 51.1 Å². The van der Waals surface area contributed by atoms with Gasteiger partial charge in [0, 0.05) is 18.8 Å². The van der Waals surface area contributed by atoms with E-state index in [4.69, 9.17) is 0 Å². The molecule has 0 heterocycles. The Balaban J connectivity index is 2.56. The lowest BCUT2D eigenvalue weighted by atomic mass is 10.3. The minimum atomic E-state index is -0.0167. The van der Waals surface area contributed by atoms with Crippen LogP contribution in [0.3, 0.4) is 0 Å². The Morgan fingerprint density at radius 1 is 1.19 bits per heavy atom. The molecule has 1 aromatic rings. The first-order chi connectivity index (χ1) is 9.93. The maximum absolute atomic E-state index is 12.3. The second-order valence-electron chi connectivity index (χ2n) is 5.47. The number of hydrogen-bond acceptors (Lipinski definition) is 2. The number of quaternary nitrogens is 1. The molecule has 0 radical (unpaired) electrons. The zero-order chi connectivity index (χ0) is 15.8. The Labute approximate surface area is 126 Å². The molecule has 1 aromatic carbocycles. The smallest absolute Gasteiger partial charge is 0.281 e. The molecule has 1 unspecified atom stereocenters. The van der Waals surface area contributed by atoms with Crippen molar-refractivity contribution in [2.75, 3.05) is 31.6 Å². The minimum Gasteiger partial charge on any atom is -0.349 e. The summed E-state index contributed by atoms with van der Waals surface area (Å²) in [6, 6.07) is 9.64. The molecule has 5 nitrogen and oxygen atoms in total. The molecule has 116 valence electrons. The second-order valence-corrected chi connectivity index (χ2v) is 5.47. The van der Waals surface area contributed by atoms with Crippen molar-refractivity contribution < 1.29 is 14.5 Å². The zero-order valence-electron chi connectivity index (χ0n) is 13.3. The van der Waals surface area contributed by atoms with Gasteiger partial charge in [-0.05, 0) is 32.9 Å². The van der Waals surface area contributed by atoms with E-state index in [2.05, 4.69) is 5.32 Å². The number of amides is 2. The lowest BCUT2D eigenvalue weighted by Gasteiger charge is -2.22. The van der Waals surface area contributed by atoms with Crippen molar-refractivity contribution >= 4 is 17.5 Å². The number of rotatable bonds is 7. The van der Waals surface area contributed by atoms with E-state index < -0.39 is 0 Å². The van der Waals surface area contributed by atoms with Crippen molar-refractivity contribution in [3.63, 3.8) is 0 Å². The Morgan fingerprint density at radius 2 is 1.81 bits per heavy atom. The first kappa shape index (κ1) is 17.2. The van der Waals surface area contributed by atoms with Crippen LogP contribution in [-0.2, 0) is 9.59 Å². The summed E-state index contributed by atoms with van der Waals surface area (Å²) < 4.78 is 0. The summed E-state index contributed by atoms with van der Waals surface area (Å²) in [5.74, 6) is -0.00703. The molecular formula is C16H26N3O2+. The largest absolute Gasteiger partial charge is 0.349 e. The normalized spacial score (nSPS) is 12.0. The fourth-order valence-electron chi connectivity index (χ4n) is 2.04. The highest BCUT2D eigenvalue weighted by atomic mass is 16.2. The van der Waals surface area contributed by atoms with Gasteiger partial charge in [-0.2, -0.15) is 0 Å². The summed E-state index contributed by atoms with van der Waals surface area (Å²) >= 11 is 0. The van der Waals surface area contributed by atoms with Gasteiger partial charge in [0.15, 0.2) is 13.1 Å². The lowest BCUT2D eigenvalue weighted by Crippen LogP contribution is -3.14. The summed E-state index contributed by atoms with van der Waals surface area (Å²) in [6.07, 6.45) is 0. The highest BCUT2D eigenvalue weighted by Gasteiger charge is 2.20. The van der Waals surface area contributed by atoms with Gasteiger partial charge in [-0.25, -0.2) is 0 Å². The average molecular weight is 292 g/mol. The molecule has 5 heteroatoms. The van der Waals surface area contributed by atoms with Crippen LogP contribution in [-0.4, -0.2) is 44.5 Å². The third-order valence-corrected chi connectivity index (χ3v) is 3.28. The average Bonchev–Trinajstić information content (AvgIpc) is 2.45. The third-order valence-electron chi connectivity index (χ3n) is 3.28. The van der Waals surface area contributed by atoms with Crippen LogP contribution in [0.4, 0.5) is 5.69 Å². The van der Waals surface area contributed by atoms with Crippen LogP contribution in [0.15, 0.2) is 30.3 Å². The molecule has 0 fully saturated rings. The van der Waals surface area contributed by atoms with Crippen molar-refractivity contribution in [3.8, 4) is 0 Å². The van der Waals surface area contributed by atoms with Crippen molar-refractivity contribution in [2.45, 2.75) is 26.8 Å². The summed E-state index contributed by atoms with van der Waals surface area (Å²) in [7, 11) is 1.76. The van der Waals surface area contributed by atoms with E-state index in [1.54, 1.807) is 11.9 Å². The van der Waals surface area contributed by atoms with Crippen LogP contribution >= 0.6 is 0 Å². The number of nitrogens with zero attached hydrogens (tertiary/aromatic N) is 1. The number of benzene rings is 1. The standard InChI is InChI=1S/C16H25N3O2/c1-5-19(11-15(20)17-13(2)3)12-16(21)18(4)14-9-7-6-8-10-14/h6-10,13H,5,11-12H2,1-4H3,(H,17,20)/p+1. The monoisotopic (exact) mass is 292 g/mol. The third kappa shape index (κ3) is 5.95. The highest BCUT2D eigenvalue weighted by molar-refractivity contribution is 5.93.